The Morgan fingerprint density at radius 2 is 2.04 bits per heavy atom. The van der Waals surface area contributed by atoms with E-state index in [1.54, 1.807) is 0 Å². The molecule has 0 aliphatic carbocycles. The van der Waals surface area contributed by atoms with Crippen molar-refractivity contribution in [2.75, 3.05) is 24.5 Å². The molecule has 140 valence electrons. The fourth-order valence-corrected chi connectivity index (χ4v) is 4.18. The van der Waals surface area contributed by atoms with Gasteiger partial charge < -0.3 is 15.5 Å². The molecule has 2 heterocycles. The molecule has 1 aliphatic heterocycles. The Bertz CT molecular complexity index is 716. The van der Waals surface area contributed by atoms with Crippen LogP contribution in [-0.2, 0) is 6.54 Å². The standard InChI is InChI=1S/C21H30N4S/c1-4-22-21(23-15-18-8-7-16(2)14-17(18)3)24-19-9-11-25(12-10-19)20-6-5-13-26-20/h5-8,13-14,19H,4,9-12,15H2,1-3H3,(H2,22,23,24). The van der Waals surface area contributed by atoms with E-state index < -0.39 is 0 Å². The molecule has 2 N–H and O–H groups in total. The van der Waals surface area contributed by atoms with Gasteiger partial charge in [-0.2, -0.15) is 0 Å². The quantitative estimate of drug-likeness (QED) is 0.615. The van der Waals surface area contributed by atoms with Gasteiger partial charge in [-0.05, 0) is 62.3 Å². The lowest BCUT2D eigenvalue weighted by Crippen LogP contribution is -2.48. The van der Waals surface area contributed by atoms with Crippen LogP contribution in [-0.4, -0.2) is 31.6 Å². The number of guanidine groups is 1. The van der Waals surface area contributed by atoms with Crippen molar-refractivity contribution >= 4 is 22.3 Å². The molecule has 4 nitrogen and oxygen atoms in total. The van der Waals surface area contributed by atoms with Crippen LogP contribution in [0.5, 0.6) is 0 Å². The Labute approximate surface area is 161 Å². The van der Waals surface area contributed by atoms with Crippen LogP contribution in [0.4, 0.5) is 5.00 Å². The van der Waals surface area contributed by atoms with Gasteiger partial charge in [-0.1, -0.05) is 23.8 Å². The molecule has 5 heteroatoms. The van der Waals surface area contributed by atoms with Crippen molar-refractivity contribution in [3.05, 3.63) is 52.4 Å². The number of hydrogen-bond donors (Lipinski definition) is 2. The molecule has 0 unspecified atom stereocenters. The number of hydrogen-bond acceptors (Lipinski definition) is 3. The number of benzene rings is 1. The minimum Gasteiger partial charge on any atom is -0.363 e. The fourth-order valence-electron chi connectivity index (χ4n) is 3.39. The van der Waals surface area contributed by atoms with Crippen LogP contribution in [0.25, 0.3) is 0 Å². The number of thiophene rings is 1. The summed E-state index contributed by atoms with van der Waals surface area (Å²) in [7, 11) is 0. The second kappa shape index (κ2) is 9.08. The first-order valence-electron chi connectivity index (χ1n) is 9.55. The molecule has 0 amide bonds. The highest BCUT2D eigenvalue weighted by molar-refractivity contribution is 7.14. The van der Waals surface area contributed by atoms with Gasteiger partial charge in [0.2, 0.25) is 0 Å². The number of nitrogens with one attached hydrogen (secondary N) is 2. The minimum absolute atomic E-state index is 0.489. The third-order valence-corrected chi connectivity index (χ3v) is 5.83. The summed E-state index contributed by atoms with van der Waals surface area (Å²) in [6.07, 6.45) is 2.29. The number of rotatable bonds is 5. The lowest BCUT2D eigenvalue weighted by Gasteiger charge is -2.33. The first-order chi connectivity index (χ1) is 12.7. The van der Waals surface area contributed by atoms with Gasteiger partial charge in [-0.15, -0.1) is 11.3 Å². The van der Waals surface area contributed by atoms with Gasteiger partial charge >= 0.3 is 0 Å². The Kier molecular flexibility index (Phi) is 6.56. The van der Waals surface area contributed by atoms with Gasteiger partial charge in [0.25, 0.3) is 0 Å². The summed E-state index contributed by atoms with van der Waals surface area (Å²) >= 11 is 1.83. The summed E-state index contributed by atoms with van der Waals surface area (Å²) in [5.41, 5.74) is 3.91. The summed E-state index contributed by atoms with van der Waals surface area (Å²) in [6, 6.07) is 11.4. The Balaban J connectivity index is 1.56. The van der Waals surface area contributed by atoms with Crippen LogP contribution in [0.3, 0.4) is 0 Å². The van der Waals surface area contributed by atoms with E-state index in [0.717, 1.165) is 45.0 Å². The highest BCUT2D eigenvalue weighted by Crippen LogP contribution is 2.24. The van der Waals surface area contributed by atoms with Crippen molar-refractivity contribution in [3.63, 3.8) is 0 Å². The number of aliphatic imine (C=N–C) groups is 1. The van der Waals surface area contributed by atoms with E-state index in [0.29, 0.717) is 6.04 Å². The smallest absolute Gasteiger partial charge is 0.191 e. The molecule has 0 spiro atoms. The van der Waals surface area contributed by atoms with Crippen molar-refractivity contribution in [1.29, 1.82) is 0 Å². The van der Waals surface area contributed by atoms with Crippen LogP contribution in [0.1, 0.15) is 36.5 Å². The van der Waals surface area contributed by atoms with E-state index in [-0.39, 0.29) is 0 Å². The molecule has 1 aromatic carbocycles. The van der Waals surface area contributed by atoms with Crippen LogP contribution >= 0.6 is 11.3 Å². The van der Waals surface area contributed by atoms with Crippen molar-refractivity contribution in [2.45, 2.75) is 46.2 Å². The first kappa shape index (κ1) is 18.8. The molecule has 0 atom stereocenters. The lowest BCUT2D eigenvalue weighted by atomic mass is 10.1. The zero-order valence-electron chi connectivity index (χ0n) is 16.1. The summed E-state index contributed by atoms with van der Waals surface area (Å²) in [5.74, 6) is 0.932. The molecule has 1 fully saturated rings. The molecule has 0 bridgehead atoms. The highest BCUT2D eigenvalue weighted by atomic mass is 32.1. The number of piperidine rings is 1. The fraction of sp³-hybridized carbons (Fsp3) is 0.476. The molecule has 0 saturated carbocycles. The Morgan fingerprint density at radius 3 is 2.69 bits per heavy atom. The Hall–Kier alpha value is -2.01. The average molecular weight is 371 g/mol. The van der Waals surface area contributed by atoms with Crippen molar-refractivity contribution in [2.24, 2.45) is 4.99 Å². The maximum atomic E-state index is 4.82. The molecule has 1 saturated heterocycles. The first-order valence-corrected chi connectivity index (χ1v) is 10.4. The second-order valence-corrected chi connectivity index (χ2v) is 7.91. The van der Waals surface area contributed by atoms with Crippen LogP contribution < -0.4 is 15.5 Å². The number of nitrogens with zero attached hydrogens (tertiary/aromatic N) is 2. The monoisotopic (exact) mass is 370 g/mol. The van der Waals surface area contributed by atoms with Gasteiger partial charge in [0.05, 0.1) is 11.5 Å². The molecule has 2 aromatic rings. The van der Waals surface area contributed by atoms with E-state index in [1.165, 1.54) is 21.7 Å². The van der Waals surface area contributed by atoms with Crippen LogP contribution in [0.2, 0.25) is 0 Å². The molecule has 0 radical (unpaired) electrons. The SMILES string of the molecule is CCNC(=NCc1ccc(C)cc1C)NC1CCN(c2cccs2)CC1. The summed E-state index contributed by atoms with van der Waals surface area (Å²) in [5, 5.41) is 10.6. The molecule has 26 heavy (non-hydrogen) atoms. The van der Waals surface area contributed by atoms with Gasteiger partial charge in [0.1, 0.15) is 0 Å². The topological polar surface area (TPSA) is 39.7 Å². The van der Waals surface area contributed by atoms with Gasteiger partial charge in [0.15, 0.2) is 5.96 Å². The summed E-state index contributed by atoms with van der Waals surface area (Å²) < 4.78 is 0. The average Bonchev–Trinajstić information content (AvgIpc) is 3.16. The van der Waals surface area contributed by atoms with Crippen molar-refractivity contribution < 1.29 is 0 Å². The van der Waals surface area contributed by atoms with Gasteiger partial charge in [-0.3, -0.25) is 0 Å². The van der Waals surface area contributed by atoms with E-state index >= 15 is 0 Å². The third-order valence-electron chi connectivity index (χ3n) is 4.90. The lowest BCUT2D eigenvalue weighted by molar-refractivity contribution is 0.463. The van der Waals surface area contributed by atoms with Crippen molar-refractivity contribution in [1.82, 2.24) is 10.6 Å². The minimum atomic E-state index is 0.489. The van der Waals surface area contributed by atoms with E-state index in [4.69, 9.17) is 4.99 Å². The predicted molar refractivity (Wildman–Crippen MR) is 113 cm³/mol. The van der Waals surface area contributed by atoms with Gasteiger partial charge in [-0.25, -0.2) is 4.99 Å². The molecule has 1 aliphatic rings. The predicted octanol–water partition coefficient (Wildman–Crippen LogP) is 4.09. The largest absolute Gasteiger partial charge is 0.363 e. The molecular formula is C21H30N4S. The molecular weight excluding hydrogens is 340 g/mol. The van der Waals surface area contributed by atoms with Gasteiger partial charge in [0, 0.05) is 25.7 Å². The maximum absolute atomic E-state index is 4.82. The van der Waals surface area contributed by atoms with E-state index in [2.05, 4.69) is 72.0 Å². The van der Waals surface area contributed by atoms with E-state index in [1.807, 2.05) is 11.3 Å². The third kappa shape index (κ3) is 5.01. The molecule has 1 aromatic heterocycles. The van der Waals surface area contributed by atoms with Crippen molar-refractivity contribution in [3.8, 4) is 0 Å². The maximum Gasteiger partial charge on any atom is 0.191 e. The van der Waals surface area contributed by atoms with Crippen LogP contribution in [0.15, 0.2) is 40.7 Å². The summed E-state index contributed by atoms with van der Waals surface area (Å²) in [4.78, 5) is 7.31. The summed E-state index contributed by atoms with van der Waals surface area (Å²) in [6.45, 7) is 10.2. The molecule has 3 rings (SSSR count). The highest BCUT2D eigenvalue weighted by Gasteiger charge is 2.20. The second-order valence-electron chi connectivity index (χ2n) is 6.98. The normalized spacial score (nSPS) is 16.0. The number of anilines is 1. The zero-order valence-corrected chi connectivity index (χ0v) is 16.9. The van der Waals surface area contributed by atoms with E-state index in [9.17, 15) is 0 Å². The Morgan fingerprint density at radius 1 is 1.23 bits per heavy atom. The van der Waals surface area contributed by atoms with Crippen LogP contribution in [0, 0.1) is 13.8 Å². The number of aryl methyl sites for hydroxylation is 2. The zero-order chi connectivity index (χ0) is 18.4.